The zero-order valence-electron chi connectivity index (χ0n) is 12.6. The van der Waals surface area contributed by atoms with Crippen molar-refractivity contribution in [3.63, 3.8) is 0 Å². The maximum absolute atomic E-state index is 10.7. The van der Waals surface area contributed by atoms with Gasteiger partial charge >= 0.3 is 0 Å². The Morgan fingerprint density at radius 3 is 2.19 bits per heavy atom. The maximum Gasteiger partial charge on any atom is 0.111 e. The molecule has 0 bridgehead atoms. The van der Waals surface area contributed by atoms with Crippen molar-refractivity contribution < 1.29 is 5.11 Å². The van der Waals surface area contributed by atoms with Crippen molar-refractivity contribution >= 4 is 11.8 Å². The molecule has 0 fully saturated rings. The molecule has 2 nitrogen and oxygen atoms in total. The first-order chi connectivity index (χ1) is 10.0. The van der Waals surface area contributed by atoms with Crippen LogP contribution in [-0.4, -0.2) is 17.4 Å². The summed E-state index contributed by atoms with van der Waals surface area (Å²) in [6, 6.07) is 18.2. The van der Waals surface area contributed by atoms with Crippen LogP contribution in [0.4, 0.5) is 0 Å². The van der Waals surface area contributed by atoms with Crippen LogP contribution in [0.3, 0.4) is 0 Å². The van der Waals surface area contributed by atoms with Crippen LogP contribution in [0.2, 0.25) is 0 Å². The highest BCUT2D eigenvalue weighted by molar-refractivity contribution is 7.99. The quantitative estimate of drug-likeness (QED) is 0.799. The Morgan fingerprint density at radius 1 is 1.05 bits per heavy atom. The first-order valence-electron chi connectivity index (χ1n) is 7.26. The van der Waals surface area contributed by atoms with Crippen molar-refractivity contribution in [2.45, 2.75) is 30.3 Å². The van der Waals surface area contributed by atoms with Crippen LogP contribution < -0.4 is 5.73 Å². The van der Waals surface area contributed by atoms with E-state index in [0.29, 0.717) is 11.7 Å². The maximum atomic E-state index is 10.7. The summed E-state index contributed by atoms with van der Waals surface area (Å²) < 4.78 is 0. The standard InChI is InChI=1S/C18H23NOS/c1-14(2)15-8-10-17(11-9-15)21-13-18(20,12-19)16-6-4-3-5-7-16/h3-11,14,20H,12-13,19H2,1-2H3. The van der Waals surface area contributed by atoms with E-state index in [-0.39, 0.29) is 6.54 Å². The van der Waals surface area contributed by atoms with Gasteiger partial charge < -0.3 is 10.8 Å². The van der Waals surface area contributed by atoms with Gasteiger partial charge in [-0.1, -0.05) is 56.3 Å². The number of rotatable bonds is 6. The van der Waals surface area contributed by atoms with Gasteiger partial charge in [-0.3, -0.25) is 0 Å². The Kier molecular flexibility index (Phi) is 5.45. The molecule has 0 aromatic heterocycles. The van der Waals surface area contributed by atoms with E-state index in [1.165, 1.54) is 5.56 Å². The third-order valence-corrected chi connectivity index (χ3v) is 4.90. The number of aliphatic hydroxyl groups is 1. The third-order valence-electron chi connectivity index (χ3n) is 3.67. The zero-order chi connectivity index (χ0) is 15.3. The Morgan fingerprint density at radius 2 is 1.67 bits per heavy atom. The molecule has 21 heavy (non-hydrogen) atoms. The molecule has 0 aliphatic carbocycles. The summed E-state index contributed by atoms with van der Waals surface area (Å²) in [7, 11) is 0. The molecule has 0 aliphatic heterocycles. The normalized spacial score (nSPS) is 14.1. The molecule has 0 heterocycles. The minimum absolute atomic E-state index is 0.216. The predicted molar refractivity (Wildman–Crippen MR) is 90.6 cm³/mol. The Labute approximate surface area is 131 Å². The van der Waals surface area contributed by atoms with Gasteiger partial charge in [-0.15, -0.1) is 11.8 Å². The predicted octanol–water partition coefficient (Wildman–Crippen LogP) is 3.75. The van der Waals surface area contributed by atoms with Crippen LogP contribution in [0.5, 0.6) is 0 Å². The van der Waals surface area contributed by atoms with Gasteiger partial charge in [0, 0.05) is 17.2 Å². The van der Waals surface area contributed by atoms with Crippen LogP contribution in [-0.2, 0) is 5.60 Å². The molecule has 0 aliphatic rings. The van der Waals surface area contributed by atoms with Crippen molar-refractivity contribution in [1.29, 1.82) is 0 Å². The molecule has 1 atom stereocenters. The van der Waals surface area contributed by atoms with Crippen LogP contribution in [0, 0.1) is 0 Å². The first-order valence-corrected chi connectivity index (χ1v) is 8.24. The van der Waals surface area contributed by atoms with Gasteiger partial charge in [0.25, 0.3) is 0 Å². The summed E-state index contributed by atoms with van der Waals surface area (Å²) in [5, 5.41) is 10.7. The summed E-state index contributed by atoms with van der Waals surface area (Å²) in [5.41, 5.74) is 7.02. The molecule has 0 spiro atoms. The number of hydrogen-bond donors (Lipinski definition) is 2. The summed E-state index contributed by atoms with van der Waals surface area (Å²) in [4.78, 5) is 1.15. The summed E-state index contributed by atoms with van der Waals surface area (Å²) in [5.74, 6) is 1.09. The lowest BCUT2D eigenvalue weighted by Gasteiger charge is -2.26. The van der Waals surface area contributed by atoms with Gasteiger partial charge in [0.05, 0.1) is 0 Å². The first kappa shape index (κ1) is 16.1. The third kappa shape index (κ3) is 4.10. The van der Waals surface area contributed by atoms with E-state index in [0.717, 1.165) is 10.5 Å². The van der Waals surface area contributed by atoms with Crippen molar-refractivity contribution in [1.82, 2.24) is 0 Å². The largest absolute Gasteiger partial charge is 0.383 e. The second kappa shape index (κ2) is 7.12. The van der Waals surface area contributed by atoms with Crippen LogP contribution in [0.1, 0.15) is 30.9 Å². The Balaban J connectivity index is 2.06. The molecule has 0 saturated carbocycles. The minimum Gasteiger partial charge on any atom is -0.383 e. The number of nitrogens with two attached hydrogens (primary N) is 1. The SMILES string of the molecule is CC(C)c1ccc(SCC(O)(CN)c2ccccc2)cc1. The molecule has 0 radical (unpaired) electrons. The van der Waals surface area contributed by atoms with Crippen LogP contribution in [0.15, 0.2) is 59.5 Å². The lowest BCUT2D eigenvalue weighted by molar-refractivity contribution is 0.0721. The van der Waals surface area contributed by atoms with Crippen molar-refractivity contribution in [3.05, 3.63) is 65.7 Å². The molecule has 2 aromatic rings. The van der Waals surface area contributed by atoms with E-state index in [2.05, 4.69) is 38.1 Å². The van der Waals surface area contributed by atoms with E-state index < -0.39 is 5.60 Å². The van der Waals surface area contributed by atoms with Crippen molar-refractivity contribution in [3.8, 4) is 0 Å². The van der Waals surface area contributed by atoms with E-state index in [1.807, 2.05) is 30.3 Å². The zero-order valence-corrected chi connectivity index (χ0v) is 13.4. The van der Waals surface area contributed by atoms with Crippen LogP contribution >= 0.6 is 11.8 Å². The topological polar surface area (TPSA) is 46.2 Å². The number of benzene rings is 2. The fourth-order valence-corrected chi connectivity index (χ4v) is 3.18. The molecule has 3 heteroatoms. The second-order valence-corrected chi connectivity index (χ2v) is 6.66. The van der Waals surface area contributed by atoms with Gasteiger partial charge in [0.1, 0.15) is 5.60 Å². The van der Waals surface area contributed by atoms with Gasteiger partial charge in [-0.05, 0) is 29.2 Å². The second-order valence-electron chi connectivity index (χ2n) is 5.61. The molecular weight excluding hydrogens is 278 g/mol. The molecule has 2 rings (SSSR count). The van der Waals surface area contributed by atoms with Gasteiger partial charge in [0.15, 0.2) is 0 Å². The highest BCUT2D eigenvalue weighted by Crippen LogP contribution is 2.29. The highest BCUT2D eigenvalue weighted by Gasteiger charge is 2.27. The number of thioether (sulfide) groups is 1. The average molecular weight is 301 g/mol. The highest BCUT2D eigenvalue weighted by atomic mass is 32.2. The summed E-state index contributed by atoms with van der Waals surface area (Å²) in [6.45, 7) is 4.59. The molecule has 1 unspecified atom stereocenters. The molecular formula is C18H23NOS. The molecule has 112 valence electrons. The Hall–Kier alpha value is -1.29. The molecule has 0 saturated heterocycles. The van der Waals surface area contributed by atoms with E-state index in [4.69, 9.17) is 5.73 Å². The van der Waals surface area contributed by atoms with E-state index in [1.54, 1.807) is 11.8 Å². The van der Waals surface area contributed by atoms with E-state index >= 15 is 0 Å². The summed E-state index contributed by atoms with van der Waals surface area (Å²) in [6.07, 6.45) is 0. The van der Waals surface area contributed by atoms with Gasteiger partial charge in [0.2, 0.25) is 0 Å². The Bertz CT molecular complexity index is 553. The van der Waals surface area contributed by atoms with Gasteiger partial charge in [-0.2, -0.15) is 0 Å². The monoisotopic (exact) mass is 301 g/mol. The van der Waals surface area contributed by atoms with Crippen molar-refractivity contribution in [2.75, 3.05) is 12.3 Å². The molecule has 0 amide bonds. The lowest BCUT2D eigenvalue weighted by atomic mass is 9.96. The smallest absolute Gasteiger partial charge is 0.111 e. The number of hydrogen-bond acceptors (Lipinski definition) is 3. The van der Waals surface area contributed by atoms with Gasteiger partial charge in [-0.25, -0.2) is 0 Å². The van der Waals surface area contributed by atoms with Crippen molar-refractivity contribution in [2.24, 2.45) is 5.73 Å². The van der Waals surface area contributed by atoms with Crippen LogP contribution in [0.25, 0.3) is 0 Å². The fraction of sp³-hybridized carbons (Fsp3) is 0.333. The fourth-order valence-electron chi connectivity index (χ4n) is 2.16. The summed E-state index contributed by atoms with van der Waals surface area (Å²) >= 11 is 1.64. The van der Waals surface area contributed by atoms with E-state index in [9.17, 15) is 5.11 Å². The molecule has 3 N–H and O–H groups in total. The lowest BCUT2D eigenvalue weighted by Crippen LogP contribution is -2.37. The minimum atomic E-state index is -0.983. The molecule has 2 aromatic carbocycles. The average Bonchev–Trinajstić information content (AvgIpc) is 2.54.